The Labute approximate surface area is 145 Å². The number of esters is 1. The third-order valence-corrected chi connectivity index (χ3v) is 4.98. The van der Waals surface area contributed by atoms with E-state index in [1.165, 1.54) is 17.8 Å². The zero-order valence-corrected chi connectivity index (χ0v) is 14.4. The van der Waals surface area contributed by atoms with Gasteiger partial charge in [-0.1, -0.05) is 54.7 Å². The number of allylic oxidation sites excluding steroid dienone is 1. The van der Waals surface area contributed by atoms with E-state index in [0.29, 0.717) is 16.4 Å². The van der Waals surface area contributed by atoms with Crippen molar-refractivity contribution in [2.24, 2.45) is 4.99 Å². The van der Waals surface area contributed by atoms with Gasteiger partial charge in [0.15, 0.2) is 5.17 Å². The number of amidine groups is 1. The number of carbonyl (C=O) groups excluding carboxylic acids is 2. The molecule has 1 fully saturated rings. The van der Waals surface area contributed by atoms with Gasteiger partial charge in [-0.2, -0.15) is 0 Å². The highest BCUT2D eigenvalue weighted by Crippen LogP contribution is 2.43. The van der Waals surface area contributed by atoms with E-state index in [0.717, 1.165) is 5.56 Å². The summed E-state index contributed by atoms with van der Waals surface area (Å²) in [5.41, 5.74) is 1.84. The molecule has 2 aliphatic heterocycles. The number of benzene rings is 1. The Bertz CT molecular complexity index is 755. The molecule has 6 heteroatoms. The van der Waals surface area contributed by atoms with Crippen molar-refractivity contribution in [3.05, 3.63) is 59.8 Å². The largest absolute Gasteiger partial charge is 0.458 e. The Hall–Kier alpha value is -2.34. The molecule has 2 atom stereocenters. The molecule has 24 heavy (non-hydrogen) atoms. The van der Waals surface area contributed by atoms with E-state index in [-0.39, 0.29) is 17.8 Å². The van der Waals surface area contributed by atoms with E-state index in [9.17, 15) is 9.59 Å². The van der Waals surface area contributed by atoms with E-state index in [1.54, 1.807) is 11.8 Å². The van der Waals surface area contributed by atoms with Crippen molar-refractivity contribution in [2.75, 3.05) is 6.61 Å². The van der Waals surface area contributed by atoms with Crippen LogP contribution in [0.4, 0.5) is 0 Å². The molecule has 0 unspecified atom stereocenters. The lowest BCUT2D eigenvalue weighted by molar-refractivity contribution is -0.139. The van der Waals surface area contributed by atoms with Crippen molar-refractivity contribution in [2.45, 2.75) is 25.1 Å². The van der Waals surface area contributed by atoms with Gasteiger partial charge in [-0.15, -0.1) is 0 Å². The average Bonchev–Trinajstić information content (AvgIpc) is 2.86. The molecule has 1 aromatic rings. The highest BCUT2D eigenvalue weighted by molar-refractivity contribution is 8.15. The van der Waals surface area contributed by atoms with E-state index in [1.807, 2.05) is 37.3 Å². The summed E-state index contributed by atoms with van der Waals surface area (Å²) in [6, 6.07) is 8.97. The highest BCUT2D eigenvalue weighted by Gasteiger charge is 2.46. The zero-order chi connectivity index (χ0) is 17.3. The molecule has 1 amide bonds. The molecule has 0 radical (unpaired) electrons. The second kappa shape index (κ2) is 6.65. The van der Waals surface area contributed by atoms with Crippen LogP contribution >= 0.6 is 11.8 Å². The number of hydrogen-bond acceptors (Lipinski definition) is 5. The van der Waals surface area contributed by atoms with Gasteiger partial charge in [0.1, 0.15) is 6.61 Å². The molecule has 0 aliphatic carbocycles. The van der Waals surface area contributed by atoms with Gasteiger partial charge in [0.25, 0.3) is 0 Å². The van der Waals surface area contributed by atoms with Crippen LogP contribution in [0, 0.1) is 0 Å². The van der Waals surface area contributed by atoms with E-state index in [4.69, 9.17) is 4.74 Å². The minimum absolute atomic E-state index is 0.0471. The third kappa shape index (κ3) is 2.78. The lowest BCUT2D eigenvalue weighted by atomic mass is 9.94. The molecule has 124 valence electrons. The lowest BCUT2D eigenvalue weighted by Gasteiger charge is -2.32. The summed E-state index contributed by atoms with van der Waals surface area (Å²) >= 11 is 1.42. The predicted octanol–water partition coefficient (Wildman–Crippen LogP) is 3.06. The molecule has 0 saturated carbocycles. The van der Waals surface area contributed by atoms with Crippen molar-refractivity contribution in [1.82, 2.24) is 4.90 Å². The number of ether oxygens (including phenoxy) is 1. The van der Waals surface area contributed by atoms with Gasteiger partial charge in [0.2, 0.25) is 5.91 Å². The van der Waals surface area contributed by atoms with E-state index < -0.39 is 12.0 Å². The van der Waals surface area contributed by atoms with Gasteiger partial charge in [-0.25, -0.2) is 9.79 Å². The third-order valence-electron chi connectivity index (χ3n) is 3.93. The molecule has 2 aliphatic rings. The minimum Gasteiger partial charge on any atom is -0.458 e. The second-order valence-corrected chi connectivity index (χ2v) is 6.87. The molecule has 1 saturated heterocycles. The van der Waals surface area contributed by atoms with Crippen LogP contribution in [-0.2, 0) is 14.3 Å². The molecule has 3 rings (SSSR count). The normalized spacial score (nSPS) is 23.0. The fourth-order valence-electron chi connectivity index (χ4n) is 2.83. The number of thioether (sulfide) groups is 1. The smallest absolute Gasteiger partial charge is 0.338 e. The molecule has 0 spiro atoms. The minimum atomic E-state index is -0.513. The first-order valence-electron chi connectivity index (χ1n) is 7.66. The number of amides is 1. The predicted molar refractivity (Wildman–Crippen MR) is 94.4 cm³/mol. The Balaban J connectivity index is 2.10. The molecule has 1 aromatic carbocycles. The van der Waals surface area contributed by atoms with Crippen LogP contribution in [0.1, 0.15) is 25.5 Å². The SMILES string of the molecule is C=CCOC(=O)C1=C(C)N=C2S[C@@H](C)C(=O)N2[C@H]1c1ccccc1. The fraction of sp³-hybridized carbons (Fsp3) is 0.278. The summed E-state index contributed by atoms with van der Waals surface area (Å²) in [5, 5.41) is 0.422. The Kier molecular flexibility index (Phi) is 4.57. The Morgan fingerprint density at radius 2 is 2.12 bits per heavy atom. The van der Waals surface area contributed by atoms with Crippen LogP contribution in [0.2, 0.25) is 0 Å². The van der Waals surface area contributed by atoms with Crippen molar-refractivity contribution in [3.63, 3.8) is 0 Å². The van der Waals surface area contributed by atoms with Crippen LogP contribution in [0.5, 0.6) is 0 Å². The Morgan fingerprint density at radius 1 is 1.42 bits per heavy atom. The monoisotopic (exact) mass is 342 g/mol. The summed E-state index contributed by atoms with van der Waals surface area (Å²) in [5.74, 6) is -0.518. The maximum Gasteiger partial charge on any atom is 0.338 e. The van der Waals surface area contributed by atoms with Crippen LogP contribution in [-0.4, -0.2) is 33.8 Å². The summed E-state index contributed by atoms with van der Waals surface area (Å²) < 4.78 is 5.23. The fourth-order valence-corrected chi connectivity index (χ4v) is 3.86. The first kappa shape index (κ1) is 16.5. The van der Waals surface area contributed by atoms with Gasteiger partial charge in [0, 0.05) is 0 Å². The number of fused-ring (bicyclic) bond motifs is 1. The van der Waals surface area contributed by atoms with Crippen molar-refractivity contribution < 1.29 is 14.3 Å². The van der Waals surface area contributed by atoms with Crippen LogP contribution in [0.15, 0.2) is 59.2 Å². The molecular weight excluding hydrogens is 324 g/mol. The van der Waals surface area contributed by atoms with Crippen molar-refractivity contribution in [3.8, 4) is 0 Å². The quantitative estimate of drug-likeness (QED) is 0.623. The topological polar surface area (TPSA) is 59.0 Å². The van der Waals surface area contributed by atoms with Crippen LogP contribution < -0.4 is 0 Å². The highest BCUT2D eigenvalue weighted by atomic mass is 32.2. The molecule has 0 N–H and O–H groups in total. The van der Waals surface area contributed by atoms with Gasteiger partial charge >= 0.3 is 5.97 Å². The standard InChI is InChI=1S/C18H18N2O3S/c1-4-10-23-17(22)14-11(2)19-18-20(16(21)12(3)24-18)15(14)13-8-6-5-7-9-13/h4-9,12,15H,1,10H2,2-3H3/t12-,15-/m0/s1. The molecule has 0 bridgehead atoms. The second-order valence-electron chi connectivity index (χ2n) is 5.56. The van der Waals surface area contributed by atoms with Crippen molar-refractivity contribution in [1.29, 1.82) is 0 Å². The number of nitrogens with zero attached hydrogens (tertiary/aromatic N) is 2. The molecule has 0 aromatic heterocycles. The number of aliphatic imine (C=N–C) groups is 1. The number of hydrogen-bond donors (Lipinski definition) is 0. The lowest BCUT2D eigenvalue weighted by Crippen LogP contribution is -2.40. The average molecular weight is 342 g/mol. The summed E-state index contributed by atoms with van der Waals surface area (Å²) in [6.45, 7) is 7.30. The summed E-state index contributed by atoms with van der Waals surface area (Å²) in [7, 11) is 0. The van der Waals surface area contributed by atoms with Crippen molar-refractivity contribution >= 4 is 28.8 Å². The number of carbonyl (C=O) groups is 2. The molecule has 5 nitrogen and oxygen atoms in total. The maximum absolute atomic E-state index is 12.6. The Morgan fingerprint density at radius 3 is 2.79 bits per heavy atom. The maximum atomic E-state index is 12.6. The summed E-state index contributed by atoms with van der Waals surface area (Å²) in [4.78, 5) is 31.3. The first-order valence-corrected chi connectivity index (χ1v) is 8.54. The van der Waals surface area contributed by atoms with Crippen LogP contribution in [0.3, 0.4) is 0 Å². The summed E-state index contributed by atoms with van der Waals surface area (Å²) in [6.07, 6.45) is 1.52. The van der Waals surface area contributed by atoms with Gasteiger partial charge in [0.05, 0.1) is 22.6 Å². The first-order chi connectivity index (χ1) is 11.5. The van der Waals surface area contributed by atoms with Crippen LogP contribution in [0.25, 0.3) is 0 Å². The van der Waals surface area contributed by atoms with Gasteiger partial charge in [-0.3, -0.25) is 9.69 Å². The molecule has 2 heterocycles. The zero-order valence-electron chi connectivity index (χ0n) is 13.6. The number of rotatable bonds is 4. The van der Waals surface area contributed by atoms with Gasteiger partial charge < -0.3 is 4.74 Å². The molecular formula is C18H18N2O3S. The van der Waals surface area contributed by atoms with Gasteiger partial charge in [-0.05, 0) is 19.4 Å². The van der Waals surface area contributed by atoms with E-state index >= 15 is 0 Å². The van der Waals surface area contributed by atoms with E-state index in [2.05, 4.69) is 11.6 Å².